The Hall–Kier alpha value is -2.11. The van der Waals surface area contributed by atoms with Crippen molar-refractivity contribution in [1.82, 2.24) is 9.88 Å². The highest BCUT2D eigenvalue weighted by molar-refractivity contribution is 5.87. The number of rotatable bonds is 5. The Morgan fingerprint density at radius 1 is 1.56 bits per heavy atom. The zero-order valence-electron chi connectivity index (χ0n) is 9.83. The third-order valence-corrected chi connectivity index (χ3v) is 2.76. The summed E-state index contributed by atoms with van der Waals surface area (Å²) in [6.45, 7) is 1.60. The standard InChI is InChI=1S/C12H14N2O4/c15-11-2-1-5-14(11)6-7-18-10-8-9(12(16)17)3-4-13-10/h3-4,8H,1-2,5-7H2,(H,16,17). The van der Waals surface area contributed by atoms with Crippen LogP contribution in [0.15, 0.2) is 18.3 Å². The summed E-state index contributed by atoms with van der Waals surface area (Å²) in [5.74, 6) is -0.607. The van der Waals surface area contributed by atoms with Gasteiger partial charge in [0.25, 0.3) is 0 Å². The number of amides is 1. The Kier molecular flexibility index (Phi) is 3.76. The van der Waals surface area contributed by atoms with Crippen LogP contribution in [0.5, 0.6) is 5.88 Å². The molecular weight excluding hydrogens is 236 g/mol. The molecule has 1 aliphatic rings. The van der Waals surface area contributed by atoms with Gasteiger partial charge in [0.05, 0.1) is 12.1 Å². The van der Waals surface area contributed by atoms with Gasteiger partial charge in [0.1, 0.15) is 6.61 Å². The highest BCUT2D eigenvalue weighted by Gasteiger charge is 2.19. The van der Waals surface area contributed by atoms with Crippen molar-refractivity contribution in [3.63, 3.8) is 0 Å². The molecule has 2 rings (SSSR count). The maximum atomic E-state index is 11.3. The second-order valence-corrected chi connectivity index (χ2v) is 4.02. The average molecular weight is 250 g/mol. The van der Waals surface area contributed by atoms with E-state index in [0.717, 1.165) is 13.0 Å². The van der Waals surface area contributed by atoms with E-state index in [9.17, 15) is 9.59 Å². The molecule has 0 aliphatic carbocycles. The van der Waals surface area contributed by atoms with Crippen LogP contribution in [0.1, 0.15) is 23.2 Å². The van der Waals surface area contributed by atoms with E-state index in [0.29, 0.717) is 19.6 Å². The molecule has 0 unspecified atom stereocenters. The first-order valence-electron chi connectivity index (χ1n) is 5.77. The number of aromatic nitrogens is 1. The Morgan fingerprint density at radius 3 is 3.06 bits per heavy atom. The summed E-state index contributed by atoms with van der Waals surface area (Å²) in [5.41, 5.74) is 0.136. The maximum Gasteiger partial charge on any atom is 0.335 e. The molecule has 0 bridgehead atoms. The van der Waals surface area contributed by atoms with E-state index in [1.165, 1.54) is 18.3 Å². The monoisotopic (exact) mass is 250 g/mol. The van der Waals surface area contributed by atoms with Crippen LogP contribution < -0.4 is 4.74 Å². The fraction of sp³-hybridized carbons (Fsp3) is 0.417. The van der Waals surface area contributed by atoms with E-state index in [1.807, 2.05) is 0 Å². The average Bonchev–Trinajstić information content (AvgIpc) is 2.76. The lowest BCUT2D eigenvalue weighted by Gasteiger charge is -2.15. The first kappa shape index (κ1) is 12.3. The van der Waals surface area contributed by atoms with E-state index in [2.05, 4.69) is 4.98 Å². The molecule has 1 aromatic rings. The molecular formula is C12H14N2O4. The van der Waals surface area contributed by atoms with E-state index >= 15 is 0 Å². The van der Waals surface area contributed by atoms with Gasteiger partial charge in [-0.05, 0) is 12.5 Å². The number of nitrogens with zero attached hydrogens (tertiary/aromatic N) is 2. The lowest BCUT2D eigenvalue weighted by Crippen LogP contribution is -2.29. The molecule has 0 spiro atoms. The number of pyridine rings is 1. The fourth-order valence-electron chi connectivity index (χ4n) is 1.82. The molecule has 96 valence electrons. The van der Waals surface area contributed by atoms with Crippen LogP contribution in [0.25, 0.3) is 0 Å². The number of carbonyl (C=O) groups is 2. The number of carboxylic acid groups (broad SMARTS) is 1. The molecule has 1 saturated heterocycles. The van der Waals surface area contributed by atoms with Gasteiger partial charge >= 0.3 is 5.97 Å². The highest BCUT2D eigenvalue weighted by Crippen LogP contribution is 2.11. The molecule has 6 nitrogen and oxygen atoms in total. The third-order valence-electron chi connectivity index (χ3n) is 2.76. The largest absolute Gasteiger partial charge is 0.478 e. The normalized spacial score (nSPS) is 14.9. The SMILES string of the molecule is O=C(O)c1ccnc(OCCN2CCCC2=O)c1. The van der Waals surface area contributed by atoms with Gasteiger partial charge in [-0.25, -0.2) is 9.78 Å². The number of hydrogen-bond donors (Lipinski definition) is 1. The van der Waals surface area contributed by atoms with Crippen molar-refractivity contribution < 1.29 is 19.4 Å². The molecule has 0 radical (unpaired) electrons. The molecule has 2 heterocycles. The summed E-state index contributed by atoms with van der Waals surface area (Å²) in [6, 6.07) is 2.77. The Morgan fingerprint density at radius 2 is 2.39 bits per heavy atom. The van der Waals surface area contributed by atoms with Crippen molar-refractivity contribution in [2.75, 3.05) is 19.7 Å². The van der Waals surface area contributed by atoms with E-state index in [4.69, 9.17) is 9.84 Å². The van der Waals surface area contributed by atoms with Crippen LogP contribution in [0, 0.1) is 0 Å². The first-order chi connectivity index (χ1) is 8.66. The summed E-state index contributed by atoms with van der Waals surface area (Å²) in [5, 5.41) is 8.81. The lowest BCUT2D eigenvalue weighted by atomic mass is 10.3. The lowest BCUT2D eigenvalue weighted by molar-refractivity contribution is -0.128. The summed E-state index contributed by atoms with van der Waals surface area (Å²) < 4.78 is 5.34. The number of likely N-dealkylation sites (tertiary alicyclic amines) is 1. The summed E-state index contributed by atoms with van der Waals surface area (Å²) in [6.07, 6.45) is 2.89. The van der Waals surface area contributed by atoms with Gasteiger partial charge in [0, 0.05) is 25.2 Å². The fourth-order valence-corrected chi connectivity index (χ4v) is 1.82. The van der Waals surface area contributed by atoms with Gasteiger partial charge < -0.3 is 14.7 Å². The summed E-state index contributed by atoms with van der Waals surface area (Å²) in [4.78, 5) is 27.7. The third kappa shape index (κ3) is 2.97. The Balaban J connectivity index is 1.84. The van der Waals surface area contributed by atoms with Crippen molar-refractivity contribution in [3.05, 3.63) is 23.9 Å². The van der Waals surface area contributed by atoms with Gasteiger partial charge in [0.15, 0.2) is 0 Å². The predicted molar refractivity (Wildman–Crippen MR) is 62.5 cm³/mol. The number of ether oxygens (including phenoxy) is 1. The quantitative estimate of drug-likeness (QED) is 0.835. The number of aromatic carboxylic acids is 1. The molecule has 1 N–H and O–H groups in total. The predicted octanol–water partition coefficient (Wildman–Crippen LogP) is 0.781. The minimum Gasteiger partial charge on any atom is -0.478 e. The molecule has 1 amide bonds. The van der Waals surface area contributed by atoms with Crippen LogP contribution >= 0.6 is 0 Å². The van der Waals surface area contributed by atoms with Crippen LogP contribution in [0.3, 0.4) is 0 Å². The smallest absolute Gasteiger partial charge is 0.335 e. The van der Waals surface area contributed by atoms with Crippen molar-refractivity contribution >= 4 is 11.9 Å². The first-order valence-corrected chi connectivity index (χ1v) is 5.77. The molecule has 0 aromatic carbocycles. The Labute approximate surface area is 104 Å². The Bertz CT molecular complexity index is 461. The number of carboxylic acids is 1. The van der Waals surface area contributed by atoms with Crippen LogP contribution in [0.2, 0.25) is 0 Å². The van der Waals surface area contributed by atoms with Crippen molar-refractivity contribution in [2.24, 2.45) is 0 Å². The van der Waals surface area contributed by atoms with Gasteiger partial charge in [-0.3, -0.25) is 4.79 Å². The molecule has 1 aromatic heterocycles. The second-order valence-electron chi connectivity index (χ2n) is 4.02. The molecule has 1 fully saturated rings. The second kappa shape index (κ2) is 5.48. The molecule has 1 aliphatic heterocycles. The van der Waals surface area contributed by atoms with Crippen molar-refractivity contribution in [1.29, 1.82) is 0 Å². The van der Waals surface area contributed by atoms with Crippen LogP contribution in [-0.4, -0.2) is 46.6 Å². The van der Waals surface area contributed by atoms with Crippen LogP contribution in [0.4, 0.5) is 0 Å². The van der Waals surface area contributed by atoms with E-state index in [1.54, 1.807) is 4.90 Å². The summed E-state index contributed by atoms with van der Waals surface area (Å²) >= 11 is 0. The number of carbonyl (C=O) groups excluding carboxylic acids is 1. The molecule has 6 heteroatoms. The topological polar surface area (TPSA) is 79.7 Å². The van der Waals surface area contributed by atoms with Gasteiger partial charge in [0.2, 0.25) is 11.8 Å². The van der Waals surface area contributed by atoms with Crippen molar-refractivity contribution in [2.45, 2.75) is 12.8 Å². The summed E-state index contributed by atoms with van der Waals surface area (Å²) in [7, 11) is 0. The molecule has 0 atom stereocenters. The minimum absolute atomic E-state index is 0.136. The van der Waals surface area contributed by atoms with E-state index in [-0.39, 0.29) is 17.4 Å². The molecule has 0 saturated carbocycles. The zero-order valence-corrected chi connectivity index (χ0v) is 9.83. The highest BCUT2D eigenvalue weighted by atomic mass is 16.5. The van der Waals surface area contributed by atoms with Gasteiger partial charge in [-0.2, -0.15) is 0 Å². The maximum absolute atomic E-state index is 11.3. The van der Waals surface area contributed by atoms with Crippen molar-refractivity contribution in [3.8, 4) is 5.88 Å². The van der Waals surface area contributed by atoms with Gasteiger partial charge in [-0.15, -0.1) is 0 Å². The molecule has 18 heavy (non-hydrogen) atoms. The van der Waals surface area contributed by atoms with E-state index < -0.39 is 5.97 Å². The minimum atomic E-state index is -1.02. The number of hydrogen-bond acceptors (Lipinski definition) is 4. The van der Waals surface area contributed by atoms with Crippen LogP contribution in [-0.2, 0) is 4.79 Å². The van der Waals surface area contributed by atoms with Gasteiger partial charge in [-0.1, -0.05) is 0 Å². The zero-order chi connectivity index (χ0) is 13.0.